The molecule has 1 aromatic rings. The molecule has 1 fully saturated rings. The third kappa shape index (κ3) is 3.60. The first-order chi connectivity index (χ1) is 9.49. The second kappa shape index (κ2) is 6.70. The summed E-state index contributed by atoms with van der Waals surface area (Å²) in [7, 11) is 0. The zero-order valence-electron chi connectivity index (χ0n) is 13.1. The summed E-state index contributed by atoms with van der Waals surface area (Å²) in [6.45, 7) is 9.98. The van der Waals surface area contributed by atoms with Crippen LogP contribution in [0, 0.1) is 20.8 Å². The molecule has 2 rings (SSSR count). The molecular formula is C17H27NO2. The zero-order chi connectivity index (χ0) is 14.7. The number of ether oxygens (including phenoxy) is 1. The fourth-order valence-electron chi connectivity index (χ4n) is 3.14. The molecule has 0 saturated carbocycles. The Bertz CT molecular complexity index is 429. The largest absolute Gasteiger partial charge is 0.387 e. The number of benzene rings is 1. The van der Waals surface area contributed by atoms with E-state index in [2.05, 4.69) is 38.2 Å². The van der Waals surface area contributed by atoms with Crippen LogP contribution in [0.1, 0.15) is 48.1 Å². The van der Waals surface area contributed by atoms with Crippen molar-refractivity contribution < 1.29 is 9.84 Å². The van der Waals surface area contributed by atoms with E-state index >= 15 is 0 Å². The molecule has 3 atom stereocenters. The molecule has 1 aromatic carbocycles. The monoisotopic (exact) mass is 277 g/mol. The van der Waals surface area contributed by atoms with Crippen molar-refractivity contribution in [3.63, 3.8) is 0 Å². The fourth-order valence-corrected chi connectivity index (χ4v) is 3.14. The quantitative estimate of drug-likeness (QED) is 0.869. The lowest BCUT2D eigenvalue weighted by molar-refractivity contribution is 0.0907. The normalized spacial score (nSPS) is 21.9. The van der Waals surface area contributed by atoms with E-state index < -0.39 is 6.10 Å². The topological polar surface area (TPSA) is 41.5 Å². The summed E-state index contributed by atoms with van der Waals surface area (Å²) in [5, 5.41) is 14.0. The highest BCUT2D eigenvalue weighted by atomic mass is 16.5. The van der Waals surface area contributed by atoms with Crippen LogP contribution < -0.4 is 5.32 Å². The second-order valence-corrected chi connectivity index (χ2v) is 6.09. The summed E-state index contributed by atoms with van der Waals surface area (Å²) in [6.07, 6.45) is 2.11. The van der Waals surface area contributed by atoms with Gasteiger partial charge in [-0.3, -0.25) is 0 Å². The number of nitrogens with one attached hydrogen (secondary N) is 1. The summed E-state index contributed by atoms with van der Waals surface area (Å²) in [5.74, 6) is 0. The Labute approximate surface area is 122 Å². The van der Waals surface area contributed by atoms with Crippen molar-refractivity contribution in [2.75, 3.05) is 13.2 Å². The number of rotatable bonds is 5. The van der Waals surface area contributed by atoms with Crippen LogP contribution in [0.15, 0.2) is 12.1 Å². The van der Waals surface area contributed by atoms with Crippen LogP contribution >= 0.6 is 0 Å². The number of hydrogen-bond donors (Lipinski definition) is 2. The number of aliphatic hydroxyl groups is 1. The van der Waals surface area contributed by atoms with E-state index in [0.717, 1.165) is 31.6 Å². The van der Waals surface area contributed by atoms with Crippen LogP contribution in [-0.4, -0.2) is 30.4 Å². The first-order valence-corrected chi connectivity index (χ1v) is 7.60. The number of aryl methyl sites for hydroxylation is 3. The predicted molar refractivity (Wildman–Crippen MR) is 82.1 cm³/mol. The minimum Gasteiger partial charge on any atom is -0.387 e. The van der Waals surface area contributed by atoms with Gasteiger partial charge in [-0.25, -0.2) is 0 Å². The van der Waals surface area contributed by atoms with Crippen molar-refractivity contribution in [3.8, 4) is 0 Å². The maximum atomic E-state index is 10.6. The summed E-state index contributed by atoms with van der Waals surface area (Å²) in [6, 6.07) is 4.30. The summed E-state index contributed by atoms with van der Waals surface area (Å²) in [5.41, 5.74) is 4.64. The molecule has 0 aromatic heterocycles. The van der Waals surface area contributed by atoms with E-state index in [1.807, 2.05) is 6.92 Å². The smallest absolute Gasteiger partial charge is 0.0945 e. The third-order valence-electron chi connectivity index (χ3n) is 4.20. The second-order valence-electron chi connectivity index (χ2n) is 6.09. The lowest BCUT2D eigenvalue weighted by Gasteiger charge is -2.25. The first-order valence-electron chi connectivity index (χ1n) is 7.60. The van der Waals surface area contributed by atoms with Crippen molar-refractivity contribution >= 4 is 0 Å². The maximum Gasteiger partial charge on any atom is 0.0945 e. The standard InChI is InChI=1S/C17H27NO2/c1-11-8-12(2)16(13(3)9-11)17(19)14(4)18-10-15-6-5-7-20-15/h8-9,14-15,17-19H,5-7,10H2,1-4H3. The molecule has 1 aliphatic rings. The van der Waals surface area contributed by atoms with Gasteiger partial charge in [-0.15, -0.1) is 0 Å². The van der Waals surface area contributed by atoms with Gasteiger partial charge in [0.1, 0.15) is 0 Å². The predicted octanol–water partition coefficient (Wildman–Crippen LogP) is 2.80. The van der Waals surface area contributed by atoms with Gasteiger partial charge in [0.05, 0.1) is 12.2 Å². The Kier molecular flexibility index (Phi) is 5.19. The van der Waals surface area contributed by atoms with E-state index in [-0.39, 0.29) is 6.04 Å². The van der Waals surface area contributed by atoms with Crippen LogP contribution in [-0.2, 0) is 4.74 Å². The molecule has 2 N–H and O–H groups in total. The highest BCUT2D eigenvalue weighted by Crippen LogP contribution is 2.26. The van der Waals surface area contributed by atoms with Crippen LogP contribution in [0.4, 0.5) is 0 Å². The highest BCUT2D eigenvalue weighted by molar-refractivity contribution is 5.39. The number of aliphatic hydroxyl groups excluding tert-OH is 1. The minimum absolute atomic E-state index is 0.0271. The van der Waals surface area contributed by atoms with Crippen molar-refractivity contribution in [2.45, 2.75) is 58.8 Å². The Morgan fingerprint density at radius 1 is 1.30 bits per heavy atom. The molecule has 0 amide bonds. The molecule has 3 nitrogen and oxygen atoms in total. The molecule has 3 heteroatoms. The molecule has 112 valence electrons. The molecule has 3 unspecified atom stereocenters. The van der Waals surface area contributed by atoms with Gasteiger partial charge >= 0.3 is 0 Å². The maximum absolute atomic E-state index is 10.6. The summed E-state index contributed by atoms with van der Waals surface area (Å²) >= 11 is 0. The van der Waals surface area contributed by atoms with Gasteiger partial charge in [0.25, 0.3) is 0 Å². The lowest BCUT2D eigenvalue weighted by atomic mass is 9.92. The van der Waals surface area contributed by atoms with Crippen molar-refractivity contribution in [2.24, 2.45) is 0 Å². The van der Waals surface area contributed by atoms with E-state index in [1.165, 1.54) is 16.7 Å². The van der Waals surface area contributed by atoms with E-state index in [4.69, 9.17) is 4.74 Å². The van der Waals surface area contributed by atoms with Gasteiger partial charge in [-0.2, -0.15) is 0 Å². The fraction of sp³-hybridized carbons (Fsp3) is 0.647. The van der Waals surface area contributed by atoms with Gasteiger partial charge in [-0.1, -0.05) is 17.7 Å². The molecule has 1 saturated heterocycles. The lowest BCUT2D eigenvalue weighted by Crippen LogP contribution is -2.37. The Morgan fingerprint density at radius 2 is 1.95 bits per heavy atom. The molecule has 1 aliphatic heterocycles. The van der Waals surface area contributed by atoms with Crippen LogP contribution in [0.3, 0.4) is 0 Å². The van der Waals surface area contributed by atoms with Crippen LogP contribution in [0.25, 0.3) is 0 Å². The van der Waals surface area contributed by atoms with E-state index in [9.17, 15) is 5.11 Å². The first kappa shape index (κ1) is 15.5. The van der Waals surface area contributed by atoms with Crippen LogP contribution in [0.5, 0.6) is 0 Å². The van der Waals surface area contributed by atoms with Crippen molar-refractivity contribution in [3.05, 3.63) is 34.4 Å². The molecule has 0 spiro atoms. The third-order valence-corrected chi connectivity index (χ3v) is 4.20. The Morgan fingerprint density at radius 3 is 2.50 bits per heavy atom. The van der Waals surface area contributed by atoms with Crippen LogP contribution in [0.2, 0.25) is 0 Å². The zero-order valence-corrected chi connectivity index (χ0v) is 13.1. The van der Waals surface area contributed by atoms with Gasteiger partial charge in [-0.05, 0) is 57.2 Å². The molecular weight excluding hydrogens is 250 g/mol. The average Bonchev–Trinajstić information content (AvgIpc) is 2.87. The van der Waals surface area contributed by atoms with Gasteiger partial charge in [0.15, 0.2) is 0 Å². The number of hydrogen-bond acceptors (Lipinski definition) is 3. The average molecular weight is 277 g/mol. The van der Waals surface area contributed by atoms with Crippen molar-refractivity contribution in [1.82, 2.24) is 5.32 Å². The Hall–Kier alpha value is -0.900. The molecule has 0 bridgehead atoms. The molecule has 0 radical (unpaired) electrons. The van der Waals surface area contributed by atoms with Gasteiger partial charge < -0.3 is 15.2 Å². The minimum atomic E-state index is -0.475. The van der Waals surface area contributed by atoms with E-state index in [0.29, 0.717) is 6.10 Å². The van der Waals surface area contributed by atoms with Gasteiger partial charge in [0, 0.05) is 19.2 Å². The van der Waals surface area contributed by atoms with E-state index in [1.54, 1.807) is 0 Å². The van der Waals surface area contributed by atoms with Crippen molar-refractivity contribution in [1.29, 1.82) is 0 Å². The molecule has 1 heterocycles. The SMILES string of the molecule is Cc1cc(C)c(C(O)C(C)NCC2CCCO2)c(C)c1. The Balaban J connectivity index is 2.00. The summed E-state index contributed by atoms with van der Waals surface area (Å²) < 4.78 is 5.61. The molecule has 0 aliphatic carbocycles. The highest BCUT2D eigenvalue weighted by Gasteiger charge is 2.22. The molecule has 20 heavy (non-hydrogen) atoms. The summed E-state index contributed by atoms with van der Waals surface area (Å²) in [4.78, 5) is 0. The van der Waals surface area contributed by atoms with Gasteiger partial charge in [0.2, 0.25) is 0 Å².